The molecule has 5 heteroatoms. The minimum Gasteiger partial charge on any atom is -0.312 e. The number of nitrogens with zero attached hydrogens (tertiary/aromatic N) is 1. The molecule has 1 aliphatic carbocycles. The maximum atomic E-state index is 11.9. The van der Waals surface area contributed by atoms with Crippen molar-refractivity contribution in [2.75, 3.05) is 0 Å². The molecule has 1 aromatic carbocycles. The van der Waals surface area contributed by atoms with Gasteiger partial charge in [0.15, 0.2) is 5.78 Å². The molecule has 0 atom stereocenters. The average Bonchev–Trinajstić information content (AvgIpc) is 2.46. The molecule has 0 bridgehead atoms. The Hall–Kier alpha value is -2.20. The third-order valence-corrected chi connectivity index (χ3v) is 3.51. The maximum absolute atomic E-state index is 11.9. The molecule has 0 aliphatic heterocycles. The second kappa shape index (κ2) is 6.71. The molecule has 0 saturated carbocycles. The lowest BCUT2D eigenvalue weighted by Gasteiger charge is -2.14. The van der Waals surface area contributed by atoms with E-state index in [2.05, 4.69) is 5.16 Å². The lowest BCUT2D eigenvalue weighted by molar-refractivity contribution is -0.111. The van der Waals surface area contributed by atoms with Gasteiger partial charge in [0.1, 0.15) is 5.71 Å². The summed E-state index contributed by atoms with van der Waals surface area (Å²) in [5, 5.41) is 4.41. The number of carbonyl (C=O) groups is 2. The van der Waals surface area contributed by atoms with Gasteiger partial charge < -0.3 is 4.84 Å². The van der Waals surface area contributed by atoms with Crippen LogP contribution < -0.4 is 0 Å². The van der Waals surface area contributed by atoms with E-state index in [1.165, 1.54) is 6.08 Å². The Morgan fingerprint density at radius 2 is 1.82 bits per heavy atom. The monoisotopic (exact) mass is 317 g/mol. The highest BCUT2D eigenvalue weighted by molar-refractivity contribution is 6.30. The first-order valence-electron chi connectivity index (χ1n) is 6.88. The summed E-state index contributed by atoms with van der Waals surface area (Å²) in [6.07, 6.45) is 3.17. The first kappa shape index (κ1) is 16.2. The van der Waals surface area contributed by atoms with Gasteiger partial charge in [0.25, 0.3) is 0 Å². The molecule has 1 aliphatic rings. The molecular weight excluding hydrogens is 302 g/mol. The molecule has 0 aromatic heterocycles. The number of hydrogen-bond acceptors (Lipinski definition) is 4. The van der Waals surface area contributed by atoms with Crippen molar-refractivity contribution in [2.24, 2.45) is 11.1 Å². The zero-order valence-electron chi connectivity index (χ0n) is 12.6. The Labute approximate surface area is 134 Å². The first-order chi connectivity index (χ1) is 10.4. The molecule has 4 nitrogen and oxygen atoms in total. The number of rotatable bonds is 3. The summed E-state index contributed by atoms with van der Waals surface area (Å²) >= 11 is 5.77. The molecule has 0 N–H and O–H groups in total. The van der Waals surface area contributed by atoms with Gasteiger partial charge in [0.2, 0.25) is 0 Å². The van der Waals surface area contributed by atoms with Crippen molar-refractivity contribution >= 4 is 29.1 Å². The number of ketones is 1. The fraction of sp³-hybridized carbons (Fsp3) is 0.235. The van der Waals surface area contributed by atoms with E-state index in [0.717, 1.165) is 0 Å². The molecule has 0 fully saturated rings. The van der Waals surface area contributed by atoms with Crippen LogP contribution in [0.15, 0.2) is 52.7 Å². The van der Waals surface area contributed by atoms with Gasteiger partial charge in [-0.25, -0.2) is 4.79 Å². The van der Waals surface area contributed by atoms with E-state index in [1.807, 2.05) is 13.8 Å². The van der Waals surface area contributed by atoms with Crippen LogP contribution in [0.5, 0.6) is 0 Å². The topological polar surface area (TPSA) is 55.7 Å². The fourth-order valence-corrected chi connectivity index (χ4v) is 2.09. The molecule has 2 rings (SSSR count). The minimum absolute atomic E-state index is 0.0320. The SMILES string of the molecule is CC1=CC(=O)C(C(C)C)=C/C1=N\OC(=O)c1ccc(Cl)cc1. The summed E-state index contributed by atoms with van der Waals surface area (Å²) in [6.45, 7) is 5.60. The molecule has 0 saturated heterocycles. The Kier molecular flexibility index (Phi) is 4.93. The summed E-state index contributed by atoms with van der Waals surface area (Å²) in [4.78, 5) is 28.7. The van der Waals surface area contributed by atoms with Gasteiger partial charge >= 0.3 is 5.97 Å². The predicted molar refractivity (Wildman–Crippen MR) is 86.0 cm³/mol. The van der Waals surface area contributed by atoms with Crippen LogP contribution >= 0.6 is 11.6 Å². The van der Waals surface area contributed by atoms with Gasteiger partial charge in [-0.3, -0.25) is 4.79 Å². The lowest BCUT2D eigenvalue weighted by Crippen LogP contribution is -2.16. The van der Waals surface area contributed by atoms with E-state index in [1.54, 1.807) is 37.3 Å². The number of carbonyl (C=O) groups excluding carboxylic acids is 2. The number of allylic oxidation sites excluding steroid dienone is 4. The summed E-state index contributed by atoms with van der Waals surface area (Å²) in [7, 11) is 0. The summed E-state index contributed by atoms with van der Waals surface area (Å²) < 4.78 is 0. The molecule has 114 valence electrons. The van der Waals surface area contributed by atoms with Crippen LogP contribution in [0, 0.1) is 5.92 Å². The third kappa shape index (κ3) is 3.71. The van der Waals surface area contributed by atoms with Gasteiger partial charge in [0, 0.05) is 10.6 Å². The van der Waals surface area contributed by atoms with E-state index in [9.17, 15) is 9.59 Å². The van der Waals surface area contributed by atoms with Crippen molar-refractivity contribution in [1.82, 2.24) is 0 Å². The van der Waals surface area contributed by atoms with Crippen LogP contribution in [-0.2, 0) is 9.63 Å². The highest BCUT2D eigenvalue weighted by Gasteiger charge is 2.19. The smallest absolute Gasteiger partial charge is 0.312 e. The van der Waals surface area contributed by atoms with Crippen LogP contribution in [0.1, 0.15) is 31.1 Å². The Morgan fingerprint density at radius 3 is 2.41 bits per heavy atom. The van der Waals surface area contributed by atoms with Gasteiger partial charge in [-0.1, -0.05) is 30.6 Å². The average molecular weight is 318 g/mol. The van der Waals surface area contributed by atoms with Gasteiger partial charge in [0.05, 0.1) is 5.56 Å². The van der Waals surface area contributed by atoms with Crippen molar-refractivity contribution in [3.05, 3.63) is 58.1 Å². The number of hydrogen-bond donors (Lipinski definition) is 0. The van der Waals surface area contributed by atoms with E-state index in [4.69, 9.17) is 16.4 Å². The number of benzene rings is 1. The molecule has 0 amide bonds. The highest BCUT2D eigenvalue weighted by Crippen LogP contribution is 2.19. The number of oxime groups is 1. The Bertz CT molecular complexity index is 697. The minimum atomic E-state index is -0.576. The van der Waals surface area contributed by atoms with Crippen molar-refractivity contribution in [3.8, 4) is 0 Å². The van der Waals surface area contributed by atoms with Crippen LogP contribution in [0.4, 0.5) is 0 Å². The second-order valence-corrected chi connectivity index (χ2v) is 5.74. The quantitative estimate of drug-likeness (QED) is 0.481. The largest absolute Gasteiger partial charge is 0.365 e. The van der Waals surface area contributed by atoms with E-state index < -0.39 is 5.97 Å². The van der Waals surface area contributed by atoms with E-state index in [0.29, 0.717) is 27.4 Å². The zero-order valence-corrected chi connectivity index (χ0v) is 13.3. The molecule has 0 radical (unpaired) electrons. The second-order valence-electron chi connectivity index (χ2n) is 5.31. The summed E-state index contributed by atoms with van der Waals surface area (Å²) in [5.74, 6) is -0.530. The normalized spacial score (nSPS) is 16.6. The van der Waals surface area contributed by atoms with Gasteiger partial charge in [-0.15, -0.1) is 0 Å². The fourth-order valence-electron chi connectivity index (χ4n) is 1.97. The van der Waals surface area contributed by atoms with Crippen molar-refractivity contribution in [3.63, 3.8) is 0 Å². The van der Waals surface area contributed by atoms with Crippen molar-refractivity contribution < 1.29 is 14.4 Å². The zero-order chi connectivity index (χ0) is 16.3. The Morgan fingerprint density at radius 1 is 1.18 bits per heavy atom. The van der Waals surface area contributed by atoms with Crippen LogP contribution in [0.25, 0.3) is 0 Å². The molecule has 0 heterocycles. The van der Waals surface area contributed by atoms with Gasteiger partial charge in [-0.05, 0) is 54.8 Å². The third-order valence-electron chi connectivity index (χ3n) is 3.26. The van der Waals surface area contributed by atoms with Crippen LogP contribution in [0.2, 0.25) is 5.02 Å². The summed E-state index contributed by atoms with van der Waals surface area (Å²) in [5.41, 5.74) is 2.14. The number of halogens is 1. The van der Waals surface area contributed by atoms with Crippen LogP contribution in [0.3, 0.4) is 0 Å². The molecule has 1 aromatic rings. The van der Waals surface area contributed by atoms with Crippen molar-refractivity contribution in [1.29, 1.82) is 0 Å². The molecule has 0 spiro atoms. The van der Waals surface area contributed by atoms with Crippen LogP contribution in [-0.4, -0.2) is 17.5 Å². The molecule has 22 heavy (non-hydrogen) atoms. The standard InChI is InChI=1S/C17H16ClNO3/c1-10(2)14-9-15(11(3)8-16(14)20)19-22-17(21)12-4-6-13(18)7-5-12/h4-10H,1-3H3/b19-15+. The summed E-state index contributed by atoms with van der Waals surface area (Å²) in [6, 6.07) is 6.33. The van der Waals surface area contributed by atoms with E-state index in [-0.39, 0.29) is 11.7 Å². The molecule has 0 unspecified atom stereocenters. The van der Waals surface area contributed by atoms with E-state index >= 15 is 0 Å². The molecular formula is C17H16ClNO3. The first-order valence-corrected chi connectivity index (χ1v) is 7.25. The maximum Gasteiger partial charge on any atom is 0.365 e. The van der Waals surface area contributed by atoms with Gasteiger partial charge in [-0.2, -0.15) is 0 Å². The highest BCUT2D eigenvalue weighted by atomic mass is 35.5. The Balaban J connectivity index is 2.18. The van der Waals surface area contributed by atoms with Crippen molar-refractivity contribution in [2.45, 2.75) is 20.8 Å². The predicted octanol–water partition coefficient (Wildman–Crippen LogP) is 3.96. The lowest BCUT2D eigenvalue weighted by atomic mass is 9.90.